The smallest absolute Gasteiger partial charge is 0.239 e. The first kappa shape index (κ1) is 9.67. The fourth-order valence-corrected chi connectivity index (χ4v) is 0.862. The van der Waals surface area contributed by atoms with Crippen molar-refractivity contribution in [2.24, 2.45) is 0 Å². The molecule has 0 radical (unpaired) electrons. The van der Waals surface area contributed by atoms with E-state index in [-0.39, 0.29) is 23.3 Å². The van der Waals surface area contributed by atoms with E-state index in [0.29, 0.717) is 5.69 Å². The molecule has 0 aliphatic carbocycles. The van der Waals surface area contributed by atoms with Crippen LogP contribution in [0.15, 0.2) is 18.2 Å². The number of rotatable bonds is 2. The van der Waals surface area contributed by atoms with E-state index in [0.717, 1.165) is 0 Å². The summed E-state index contributed by atoms with van der Waals surface area (Å²) in [6.07, 6.45) is 0. The van der Waals surface area contributed by atoms with Gasteiger partial charge < -0.3 is 15.5 Å². The van der Waals surface area contributed by atoms with E-state index in [1.54, 1.807) is 0 Å². The molecular weight excluding hydrogens is 194 g/mol. The van der Waals surface area contributed by atoms with Crippen LogP contribution in [0.1, 0.15) is 0 Å². The monoisotopic (exact) mass is 201 g/mol. The fourth-order valence-electron chi connectivity index (χ4n) is 0.796. The van der Waals surface area contributed by atoms with Crippen molar-refractivity contribution in [3.63, 3.8) is 0 Å². The summed E-state index contributed by atoms with van der Waals surface area (Å²) in [5, 5.41) is 20.4. The summed E-state index contributed by atoms with van der Waals surface area (Å²) in [5.41, 5.74) is 0.390. The largest absolute Gasteiger partial charge is 0.504 e. The first-order valence-corrected chi connectivity index (χ1v) is 4.04. The van der Waals surface area contributed by atoms with E-state index in [9.17, 15) is 4.79 Å². The molecule has 0 unspecified atom stereocenters. The Bertz CT molecular complexity index is 327. The molecule has 0 spiro atoms. The van der Waals surface area contributed by atoms with Gasteiger partial charge in [0.15, 0.2) is 11.5 Å². The van der Waals surface area contributed by atoms with E-state index in [2.05, 4.69) is 5.32 Å². The van der Waals surface area contributed by atoms with Gasteiger partial charge in [0.05, 0.1) is 0 Å². The molecule has 0 bridgehead atoms. The highest BCUT2D eigenvalue weighted by Gasteiger charge is 2.03. The lowest BCUT2D eigenvalue weighted by Gasteiger charge is -2.03. The average Bonchev–Trinajstić information content (AvgIpc) is 2.11. The Morgan fingerprint density at radius 3 is 2.62 bits per heavy atom. The Morgan fingerprint density at radius 1 is 1.38 bits per heavy atom. The number of amides is 1. The minimum absolute atomic E-state index is 0.151. The molecule has 0 aromatic heterocycles. The molecule has 0 heterocycles. The van der Waals surface area contributed by atoms with Crippen molar-refractivity contribution < 1.29 is 15.0 Å². The van der Waals surface area contributed by atoms with E-state index < -0.39 is 0 Å². The lowest BCUT2D eigenvalue weighted by molar-refractivity contribution is -0.113. The molecule has 5 heteroatoms. The molecule has 0 saturated carbocycles. The molecule has 70 valence electrons. The van der Waals surface area contributed by atoms with Gasteiger partial charge in [0, 0.05) is 11.8 Å². The van der Waals surface area contributed by atoms with Gasteiger partial charge in [-0.3, -0.25) is 4.79 Å². The van der Waals surface area contributed by atoms with Crippen molar-refractivity contribution in [1.82, 2.24) is 0 Å². The van der Waals surface area contributed by atoms with Gasteiger partial charge in [0.2, 0.25) is 5.91 Å². The molecule has 4 nitrogen and oxygen atoms in total. The summed E-state index contributed by atoms with van der Waals surface area (Å²) in [5.74, 6) is -1.04. The Hall–Kier alpha value is -1.42. The average molecular weight is 202 g/mol. The van der Waals surface area contributed by atoms with Gasteiger partial charge in [0.25, 0.3) is 0 Å². The number of hydrogen-bond acceptors (Lipinski definition) is 3. The van der Waals surface area contributed by atoms with E-state index >= 15 is 0 Å². The third-order valence-electron chi connectivity index (χ3n) is 1.38. The summed E-state index contributed by atoms with van der Waals surface area (Å²) in [6, 6.07) is 3.97. The zero-order valence-corrected chi connectivity index (χ0v) is 7.38. The zero-order valence-electron chi connectivity index (χ0n) is 6.62. The predicted octanol–water partition coefficient (Wildman–Crippen LogP) is 1.28. The molecule has 0 fully saturated rings. The molecule has 1 amide bonds. The summed E-state index contributed by atoms with van der Waals surface area (Å²) in [6.45, 7) is 0. The maximum absolute atomic E-state index is 10.8. The van der Waals surface area contributed by atoms with Crippen LogP contribution in [0, 0.1) is 0 Å². The first-order valence-electron chi connectivity index (χ1n) is 3.51. The maximum Gasteiger partial charge on any atom is 0.239 e. The second-order valence-corrected chi connectivity index (χ2v) is 2.65. The third-order valence-corrected chi connectivity index (χ3v) is 1.62. The van der Waals surface area contributed by atoms with Crippen molar-refractivity contribution in [2.45, 2.75) is 0 Å². The minimum Gasteiger partial charge on any atom is -0.504 e. The second-order valence-electron chi connectivity index (χ2n) is 2.39. The molecule has 3 N–H and O–H groups in total. The molecule has 0 saturated heterocycles. The number of benzene rings is 1. The zero-order chi connectivity index (χ0) is 9.84. The molecule has 1 aromatic carbocycles. The highest BCUT2D eigenvalue weighted by molar-refractivity contribution is 6.29. The van der Waals surface area contributed by atoms with Crippen LogP contribution < -0.4 is 5.32 Å². The van der Waals surface area contributed by atoms with Crippen LogP contribution >= 0.6 is 11.6 Å². The fraction of sp³-hybridized carbons (Fsp3) is 0.125. The number of phenols is 2. The van der Waals surface area contributed by atoms with Gasteiger partial charge in [-0.2, -0.15) is 0 Å². The van der Waals surface area contributed by atoms with E-state index in [1.807, 2.05) is 0 Å². The number of carbonyl (C=O) groups is 1. The van der Waals surface area contributed by atoms with Gasteiger partial charge in [-0.15, -0.1) is 11.6 Å². The van der Waals surface area contributed by atoms with Gasteiger partial charge in [-0.05, 0) is 12.1 Å². The summed E-state index contributed by atoms with van der Waals surface area (Å²) < 4.78 is 0. The Morgan fingerprint density at radius 2 is 2.08 bits per heavy atom. The quantitative estimate of drug-likeness (QED) is 0.384. The third kappa shape index (κ3) is 2.52. The molecule has 1 aromatic rings. The number of alkyl halides is 1. The number of hydrogen-bond donors (Lipinski definition) is 3. The lowest BCUT2D eigenvalue weighted by Crippen LogP contribution is -2.12. The molecule has 0 aliphatic rings. The first-order chi connectivity index (χ1) is 6.13. The van der Waals surface area contributed by atoms with Crippen LogP contribution in [0.25, 0.3) is 0 Å². The Balaban J connectivity index is 2.79. The topological polar surface area (TPSA) is 69.6 Å². The number of anilines is 1. The molecule has 0 atom stereocenters. The van der Waals surface area contributed by atoms with Crippen molar-refractivity contribution in [1.29, 1.82) is 0 Å². The standard InChI is InChI=1S/C8H8ClNO3/c9-4-8(13)10-5-1-2-6(11)7(12)3-5/h1-3,11-12H,4H2,(H,10,13). The SMILES string of the molecule is O=C(CCl)Nc1ccc(O)c(O)c1. The van der Waals surface area contributed by atoms with Gasteiger partial charge in [-0.25, -0.2) is 0 Å². The van der Waals surface area contributed by atoms with Gasteiger partial charge >= 0.3 is 0 Å². The number of phenolic OH excluding ortho intramolecular Hbond substituents is 2. The van der Waals surface area contributed by atoms with Crippen LogP contribution in [-0.4, -0.2) is 22.0 Å². The Kier molecular flexibility index (Phi) is 2.97. The molecule has 0 aliphatic heterocycles. The van der Waals surface area contributed by atoms with Gasteiger partial charge in [0.1, 0.15) is 5.88 Å². The van der Waals surface area contributed by atoms with Crippen molar-refractivity contribution in [3.8, 4) is 11.5 Å². The number of nitrogens with one attached hydrogen (secondary N) is 1. The van der Waals surface area contributed by atoms with Crippen LogP contribution in [-0.2, 0) is 4.79 Å². The summed E-state index contributed by atoms with van der Waals surface area (Å²) in [7, 11) is 0. The van der Waals surface area contributed by atoms with Crippen LogP contribution in [0.2, 0.25) is 0 Å². The number of carbonyl (C=O) groups excluding carboxylic acids is 1. The predicted molar refractivity (Wildman–Crippen MR) is 49.1 cm³/mol. The molecule has 13 heavy (non-hydrogen) atoms. The Labute approximate surface area is 79.8 Å². The van der Waals surface area contributed by atoms with E-state index in [1.165, 1.54) is 18.2 Å². The second kappa shape index (κ2) is 4.00. The van der Waals surface area contributed by atoms with E-state index in [4.69, 9.17) is 21.8 Å². The maximum atomic E-state index is 10.8. The van der Waals surface area contributed by atoms with Crippen molar-refractivity contribution in [3.05, 3.63) is 18.2 Å². The highest BCUT2D eigenvalue weighted by atomic mass is 35.5. The summed E-state index contributed by atoms with van der Waals surface area (Å²) in [4.78, 5) is 10.8. The minimum atomic E-state index is -0.369. The van der Waals surface area contributed by atoms with Crippen LogP contribution in [0.3, 0.4) is 0 Å². The van der Waals surface area contributed by atoms with Crippen LogP contribution in [0.5, 0.6) is 11.5 Å². The number of halogens is 1. The van der Waals surface area contributed by atoms with Gasteiger partial charge in [-0.1, -0.05) is 0 Å². The lowest BCUT2D eigenvalue weighted by atomic mass is 10.3. The van der Waals surface area contributed by atoms with Crippen molar-refractivity contribution in [2.75, 3.05) is 11.2 Å². The molecular formula is C8H8ClNO3. The summed E-state index contributed by atoms with van der Waals surface area (Å²) >= 11 is 5.25. The highest BCUT2D eigenvalue weighted by Crippen LogP contribution is 2.27. The normalized spacial score (nSPS) is 9.62. The van der Waals surface area contributed by atoms with Crippen LogP contribution in [0.4, 0.5) is 5.69 Å². The van der Waals surface area contributed by atoms with Crippen molar-refractivity contribution >= 4 is 23.2 Å². The molecule has 1 rings (SSSR count). The number of aromatic hydroxyl groups is 2.